The Morgan fingerprint density at radius 2 is 1.90 bits per heavy atom. The molecule has 3 N–H and O–H groups in total. The van der Waals surface area contributed by atoms with E-state index >= 15 is 0 Å². The number of carbonyl (C=O) groups is 1. The summed E-state index contributed by atoms with van der Waals surface area (Å²) < 4.78 is 0. The number of benzene rings is 1. The van der Waals surface area contributed by atoms with Crippen molar-refractivity contribution in [1.82, 2.24) is 10.2 Å². The predicted octanol–water partition coefficient (Wildman–Crippen LogP) is 1.94. The predicted molar refractivity (Wildman–Crippen MR) is 82.1 cm³/mol. The Bertz CT molecular complexity index is 503. The zero-order valence-corrected chi connectivity index (χ0v) is 12.7. The van der Waals surface area contributed by atoms with Gasteiger partial charge in [0, 0.05) is 24.7 Å². The zero-order valence-electron chi connectivity index (χ0n) is 12.7. The molecule has 0 fully saturated rings. The summed E-state index contributed by atoms with van der Waals surface area (Å²) in [6.07, 6.45) is 0. The summed E-state index contributed by atoms with van der Waals surface area (Å²) in [7, 11) is 1.78. The summed E-state index contributed by atoms with van der Waals surface area (Å²) in [5.41, 5.74) is 7.10. The Kier molecular flexibility index (Phi) is 5.60. The molecule has 1 aromatic rings. The van der Waals surface area contributed by atoms with E-state index in [2.05, 4.69) is 17.2 Å². The topological polar surface area (TPSA) is 58.4 Å². The summed E-state index contributed by atoms with van der Waals surface area (Å²) in [5.74, 6) is 5.78. The van der Waals surface area contributed by atoms with Crippen LogP contribution in [0.15, 0.2) is 24.3 Å². The van der Waals surface area contributed by atoms with Crippen molar-refractivity contribution < 1.29 is 4.79 Å². The van der Waals surface area contributed by atoms with E-state index in [1.165, 1.54) is 0 Å². The lowest BCUT2D eigenvalue weighted by atomic mass is 10.1. The summed E-state index contributed by atoms with van der Waals surface area (Å²) in [6, 6.07) is 7.74. The molecular formula is C16H23N3O. The number of hydrogen-bond acceptors (Lipinski definition) is 2. The molecule has 0 atom stereocenters. The quantitative estimate of drug-likeness (QED) is 0.809. The molecule has 0 bridgehead atoms. The molecule has 0 unspecified atom stereocenters. The smallest absolute Gasteiger partial charge is 0.317 e. The van der Waals surface area contributed by atoms with Crippen molar-refractivity contribution in [2.45, 2.75) is 32.9 Å². The van der Waals surface area contributed by atoms with E-state index in [0.29, 0.717) is 13.1 Å². The monoisotopic (exact) mass is 273 g/mol. The van der Waals surface area contributed by atoms with E-state index in [1.54, 1.807) is 11.9 Å². The molecule has 4 heteroatoms. The molecule has 20 heavy (non-hydrogen) atoms. The Labute approximate surface area is 121 Å². The van der Waals surface area contributed by atoms with Gasteiger partial charge in [-0.1, -0.05) is 24.0 Å². The van der Waals surface area contributed by atoms with Gasteiger partial charge in [-0.05, 0) is 38.5 Å². The highest BCUT2D eigenvalue weighted by Crippen LogP contribution is 2.07. The van der Waals surface area contributed by atoms with E-state index in [-0.39, 0.29) is 11.6 Å². The summed E-state index contributed by atoms with van der Waals surface area (Å²) in [5, 5.41) is 2.93. The van der Waals surface area contributed by atoms with Gasteiger partial charge < -0.3 is 16.0 Å². The molecule has 0 spiro atoms. The van der Waals surface area contributed by atoms with Gasteiger partial charge in [0.15, 0.2) is 0 Å². The van der Waals surface area contributed by atoms with Crippen LogP contribution in [-0.2, 0) is 6.54 Å². The van der Waals surface area contributed by atoms with Crippen LogP contribution in [0.3, 0.4) is 0 Å². The van der Waals surface area contributed by atoms with Crippen LogP contribution in [0.25, 0.3) is 0 Å². The summed E-state index contributed by atoms with van der Waals surface area (Å²) >= 11 is 0. The molecule has 108 valence electrons. The van der Waals surface area contributed by atoms with E-state index < -0.39 is 0 Å². The fourth-order valence-corrected chi connectivity index (χ4v) is 1.61. The van der Waals surface area contributed by atoms with Crippen LogP contribution in [0, 0.1) is 11.8 Å². The molecule has 0 heterocycles. The van der Waals surface area contributed by atoms with E-state index in [0.717, 1.165) is 11.1 Å². The minimum Gasteiger partial charge on any atom is -0.333 e. The van der Waals surface area contributed by atoms with Gasteiger partial charge in [-0.3, -0.25) is 0 Å². The number of nitrogens with zero attached hydrogens (tertiary/aromatic N) is 1. The minimum atomic E-state index is -0.229. The fourth-order valence-electron chi connectivity index (χ4n) is 1.61. The van der Waals surface area contributed by atoms with Gasteiger partial charge in [-0.25, -0.2) is 4.79 Å². The molecule has 1 aromatic carbocycles. The maximum Gasteiger partial charge on any atom is 0.317 e. The highest BCUT2D eigenvalue weighted by Gasteiger charge is 2.16. The number of amides is 2. The average Bonchev–Trinajstić information content (AvgIpc) is 2.36. The third-order valence-corrected chi connectivity index (χ3v) is 2.54. The van der Waals surface area contributed by atoms with Crippen LogP contribution in [0.4, 0.5) is 4.79 Å². The fraction of sp³-hybridized carbons (Fsp3) is 0.438. The molecule has 0 aliphatic heterocycles. The van der Waals surface area contributed by atoms with E-state index in [4.69, 9.17) is 5.73 Å². The molecule has 0 radical (unpaired) electrons. The molecule has 0 saturated carbocycles. The van der Waals surface area contributed by atoms with Crippen LogP contribution in [-0.4, -0.2) is 30.1 Å². The van der Waals surface area contributed by atoms with Crippen LogP contribution < -0.4 is 11.1 Å². The maximum atomic E-state index is 11.9. The lowest BCUT2D eigenvalue weighted by Crippen LogP contribution is -2.46. The first-order valence-corrected chi connectivity index (χ1v) is 6.63. The molecule has 0 aliphatic carbocycles. The van der Waals surface area contributed by atoms with Gasteiger partial charge in [0.1, 0.15) is 0 Å². The first-order chi connectivity index (χ1) is 9.31. The van der Waals surface area contributed by atoms with Crippen molar-refractivity contribution >= 4 is 6.03 Å². The van der Waals surface area contributed by atoms with Crippen molar-refractivity contribution in [2.75, 3.05) is 13.6 Å². The van der Waals surface area contributed by atoms with Crippen molar-refractivity contribution in [3.8, 4) is 11.8 Å². The lowest BCUT2D eigenvalue weighted by molar-refractivity contribution is 0.197. The second-order valence-electron chi connectivity index (χ2n) is 5.74. The lowest BCUT2D eigenvalue weighted by Gasteiger charge is -2.25. The summed E-state index contributed by atoms with van der Waals surface area (Å²) in [4.78, 5) is 13.6. The first-order valence-electron chi connectivity index (χ1n) is 6.63. The molecule has 0 aromatic heterocycles. The molecule has 0 aliphatic rings. The Balaban J connectivity index is 2.62. The molecular weight excluding hydrogens is 250 g/mol. The van der Waals surface area contributed by atoms with Gasteiger partial charge in [-0.2, -0.15) is 0 Å². The van der Waals surface area contributed by atoms with Crippen molar-refractivity contribution in [1.29, 1.82) is 0 Å². The third kappa shape index (κ3) is 5.77. The van der Waals surface area contributed by atoms with Crippen molar-refractivity contribution in [2.24, 2.45) is 5.73 Å². The zero-order chi connectivity index (χ0) is 15.2. The largest absolute Gasteiger partial charge is 0.333 e. The minimum absolute atomic E-state index is 0.0792. The Morgan fingerprint density at radius 3 is 2.40 bits per heavy atom. The van der Waals surface area contributed by atoms with Gasteiger partial charge in [0.05, 0.1) is 6.54 Å². The molecule has 1 rings (SSSR count). The van der Waals surface area contributed by atoms with Gasteiger partial charge in [0.25, 0.3) is 0 Å². The highest BCUT2D eigenvalue weighted by atomic mass is 16.2. The number of urea groups is 1. The van der Waals surface area contributed by atoms with E-state index in [9.17, 15) is 4.79 Å². The average molecular weight is 273 g/mol. The number of rotatable bonds is 2. The second-order valence-corrected chi connectivity index (χ2v) is 5.74. The van der Waals surface area contributed by atoms with Gasteiger partial charge in [0.2, 0.25) is 0 Å². The standard InChI is InChI=1S/C16H23N3O/c1-16(2,3)18-15(20)19(4)12-14-9-7-13(8-10-14)6-5-11-17/h7-10H,11-12,17H2,1-4H3,(H,18,20). The maximum absolute atomic E-state index is 11.9. The second kappa shape index (κ2) is 6.97. The Hall–Kier alpha value is -1.99. The van der Waals surface area contributed by atoms with Crippen molar-refractivity contribution in [3.63, 3.8) is 0 Å². The highest BCUT2D eigenvalue weighted by molar-refractivity contribution is 5.74. The molecule has 0 saturated heterocycles. The normalized spacial score (nSPS) is 10.4. The van der Waals surface area contributed by atoms with Crippen LogP contribution >= 0.6 is 0 Å². The summed E-state index contributed by atoms with van der Waals surface area (Å²) in [6.45, 7) is 6.81. The SMILES string of the molecule is CN(Cc1ccc(C#CCN)cc1)C(=O)NC(C)(C)C. The number of hydrogen-bond donors (Lipinski definition) is 2. The van der Waals surface area contributed by atoms with Crippen LogP contribution in [0.2, 0.25) is 0 Å². The van der Waals surface area contributed by atoms with Crippen molar-refractivity contribution in [3.05, 3.63) is 35.4 Å². The first kappa shape index (κ1) is 16.1. The van der Waals surface area contributed by atoms with Crippen LogP contribution in [0.5, 0.6) is 0 Å². The van der Waals surface area contributed by atoms with Gasteiger partial charge >= 0.3 is 6.03 Å². The molecule has 2 amide bonds. The molecule has 4 nitrogen and oxygen atoms in total. The Morgan fingerprint density at radius 1 is 1.30 bits per heavy atom. The number of carbonyl (C=O) groups excluding carboxylic acids is 1. The number of nitrogens with one attached hydrogen (secondary N) is 1. The third-order valence-electron chi connectivity index (χ3n) is 2.54. The van der Waals surface area contributed by atoms with E-state index in [1.807, 2.05) is 45.0 Å². The number of nitrogens with two attached hydrogens (primary N) is 1. The van der Waals surface area contributed by atoms with Gasteiger partial charge in [-0.15, -0.1) is 0 Å². The van der Waals surface area contributed by atoms with Crippen LogP contribution in [0.1, 0.15) is 31.9 Å².